The molecule has 5 heteroatoms. The fourth-order valence-corrected chi connectivity index (χ4v) is 3.26. The van der Waals surface area contributed by atoms with Crippen LogP contribution in [0.3, 0.4) is 0 Å². The zero-order valence-corrected chi connectivity index (χ0v) is 14.4. The van der Waals surface area contributed by atoms with E-state index in [4.69, 9.17) is 0 Å². The molecule has 0 aliphatic heterocycles. The van der Waals surface area contributed by atoms with E-state index in [1.54, 1.807) is 36.4 Å². The van der Waals surface area contributed by atoms with Crippen molar-refractivity contribution in [2.45, 2.75) is 38.0 Å². The van der Waals surface area contributed by atoms with Gasteiger partial charge in [0.15, 0.2) is 5.78 Å². The third-order valence-electron chi connectivity index (χ3n) is 3.92. The quantitative estimate of drug-likeness (QED) is 0.807. The number of anilines is 1. The summed E-state index contributed by atoms with van der Waals surface area (Å²) in [7, 11) is -3.63. The first-order chi connectivity index (χ1) is 10.8. The van der Waals surface area contributed by atoms with E-state index in [1.807, 2.05) is 12.1 Å². The van der Waals surface area contributed by atoms with E-state index in [1.165, 1.54) is 6.92 Å². The van der Waals surface area contributed by atoms with Crippen molar-refractivity contribution < 1.29 is 13.2 Å². The van der Waals surface area contributed by atoms with Crippen LogP contribution in [0.25, 0.3) is 0 Å². The van der Waals surface area contributed by atoms with Gasteiger partial charge in [0, 0.05) is 11.3 Å². The summed E-state index contributed by atoms with van der Waals surface area (Å²) in [6.45, 7) is 5.68. The second-order valence-corrected chi connectivity index (χ2v) is 7.30. The highest BCUT2D eigenvalue weighted by Crippen LogP contribution is 2.22. The molecule has 0 amide bonds. The first kappa shape index (κ1) is 17.2. The summed E-state index contributed by atoms with van der Waals surface area (Å²) in [5, 5.41) is 0. The number of ketones is 1. The molecule has 0 spiro atoms. The van der Waals surface area contributed by atoms with Gasteiger partial charge in [-0.3, -0.25) is 9.52 Å². The van der Waals surface area contributed by atoms with Gasteiger partial charge in [-0.1, -0.05) is 26.0 Å². The van der Waals surface area contributed by atoms with Gasteiger partial charge in [0.2, 0.25) is 0 Å². The number of carbonyl (C=O) groups is 1. The largest absolute Gasteiger partial charge is 0.295 e. The van der Waals surface area contributed by atoms with Gasteiger partial charge in [-0.15, -0.1) is 0 Å². The molecule has 0 bridgehead atoms. The number of sulfonamides is 1. The molecule has 0 fully saturated rings. The van der Waals surface area contributed by atoms with Gasteiger partial charge in [0.25, 0.3) is 10.0 Å². The van der Waals surface area contributed by atoms with Crippen LogP contribution in [0.15, 0.2) is 53.4 Å². The molecule has 4 nitrogen and oxygen atoms in total. The minimum absolute atomic E-state index is 0.0555. The maximum Gasteiger partial charge on any atom is 0.261 e. The van der Waals surface area contributed by atoms with E-state index in [-0.39, 0.29) is 10.7 Å². The van der Waals surface area contributed by atoms with Gasteiger partial charge in [0.05, 0.1) is 4.90 Å². The standard InChI is InChI=1S/C18H21NO3S/c1-4-13(2)15-7-11-18(12-8-15)23(21,22)19-17-9-5-16(6-10-17)14(3)20/h5-13,19H,4H2,1-3H3/t13-/m0/s1. The van der Waals surface area contributed by atoms with Crippen molar-refractivity contribution in [3.63, 3.8) is 0 Å². The van der Waals surface area contributed by atoms with Crippen molar-refractivity contribution in [1.82, 2.24) is 0 Å². The Bertz CT molecular complexity index is 778. The monoisotopic (exact) mass is 331 g/mol. The van der Waals surface area contributed by atoms with E-state index < -0.39 is 10.0 Å². The maximum atomic E-state index is 12.4. The van der Waals surface area contributed by atoms with E-state index >= 15 is 0 Å². The van der Waals surface area contributed by atoms with E-state index in [2.05, 4.69) is 18.6 Å². The summed E-state index contributed by atoms with van der Waals surface area (Å²) in [5.74, 6) is 0.346. The molecule has 23 heavy (non-hydrogen) atoms. The van der Waals surface area contributed by atoms with Crippen LogP contribution < -0.4 is 4.72 Å². The van der Waals surface area contributed by atoms with Crippen molar-refractivity contribution in [1.29, 1.82) is 0 Å². The molecule has 0 radical (unpaired) electrons. The molecule has 2 aromatic carbocycles. The molecular formula is C18H21NO3S. The number of nitrogens with one attached hydrogen (secondary N) is 1. The Hall–Kier alpha value is -2.14. The average molecular weight is 331 g/mol. The maximum absolute atomic E-state index is 12.4. The third-order valence-corrected chi connectivity index (χ3v) is 5.31. The van der Waals surface area contributed by atoms with E-state index in [9.17, 15) is 13.2 Å². The van der Waals surface area contributed by atoms with Crippen LogP contribution in [-0.4, -0.2) is 14.2 Å². The predicted octanol–water partition coefficient (Wildman–Crippen LogP) is 4.20. The fourth-order valence-electron chi connectivity index (χ4n) is 2.20. The van der Waals surface area contributed by atoms with Gasteiger partial charge in [-0.25, -0.2) is 8.42 Å². The van der Waals surface area contributed by atoms with Gasteiger partial charge in [-0.2, -0.15) is 0 Å². The Balaban J connectivity index is 2.19. The van der Waals surface area contributed by atoms with E-state index in [0.717, 1.165) is 12.0 Å². The molecule has 1 N–H and O–H groups in total. The van der Waals surface area contributed by atoms with Gasteiger partial charge in [-0.05, 0) is 61.2 Å². The molecule has 0 aromatic heterocycles. The molecule has 2 aromatic rings. The number of benzene rings is 2. The predicted molar refractivity (Wildman–Crippen MR) is 92.4 cm³/mol. The first-order valence-electron chi connectivity index (χ1n) is 7.57. The van der Waals surface area contributed by atoms with Gasteiger partial charge in [0.1, 0.15) is 0 Å². The number of Topliss-reactive ketones (excluding diaryl/α,β-unsaturated/α-hetero) is 1. The highest BCUT2D eigenvalue weighted by Gasteiger charge is 2.15. The molecule has 0 saturated carbocycles. The average Bonchev–Trinajstić information content (AvgIpc) is 2.54. The summed E-state index contributed by atoms with van der Waals surface area (Å²) < 4.78 is 27.3. The highest BCUT2D eigenvalue weighted by atomic mass is 32.2. The van der Waals surface area contributed by atoms with Crippen molar-refractivity contribution in [2.75, 3.05) is 4.72 Å². The zero-order valence-electron chi connectivity index (χ0n) is 13.5. The second kappa shape index (κ2) is 6.96. The number of hydrogen-bond donors (Lipinski definition) is 1. The number of hydrogen-bond acceptors (Lipinski definition) is 3. The van der Waals surface area contributed by atoms with E-state index in [0.29, 0.717) is 17.2 Å². The minimum atomic E-state index is -3.63. The molecule has 2 rings (SSSR count). The summed E-state index contributed by atoms with van der Waals surface area (Å²) in [5.41, 5.74) is 2.10. The van der Waals surface area contributed by atoms with Gasteiger partial charge < -0.3 is 0 Å². The Morgan fingerprint density at radius 1 is 1.04 bits per heavy atom. The van der Waals surface area contributed by atoms with Crippen LogP contribution in [-0.2, 0) is 10.0 Å². The summed E-state index contributed by atoms with van der Waals surface area (Å²) in [6, 6.07) is 13.3. The first-order valence-corrected chi connectivity index (χ1v) is 9.05. The molecule has 0 heterocycles. The SMILES string of the molecule is CC[C@H](C)c1ccc(S(=O)(=O)Nc2ccc(C(C)=O)cc2)cc1. The lowest BCUT2D eigenvalue weighted by molar-refractivity contribution is 0.101. The lowest BCUT2D eigenvalue weighted by atomic mass is 9.99. The topological polar surface area (TPSA) is 63.2 Å². The van der Waals surface area contributed by atoms with Crippen LogP contribution in [0.4, 0.5) is 5.69 Å². The highest BCUT2D eigenvalue weighted by molar-refractivity contribution is 7.92. The number of rotatable bonds is 6. The summed E-state index contributed by atoms with van der Waals surface area (Å²) >= 11 is 0. The number of carbonyl (C=O) groups excluding carboxylic acids is 1. The molecular weight excluding hydrogens is 310 g/mol. The molecule has 0 unspecified atom stereocenters. The Labute approximate surface area is 137 Å². The van der Waals surface area contributed by atoms with Crippen LogP contribution in [0.1, 0.15) is 49.0 Å². The normalized spacial score (nSPS) is 12.7. The second-order valence-electron chi connectivity index (χ2n) is 5.62. The summed E-state index contributed by atoms with van der Waals surface area (Å²) in [4.78, 5) is 11.5. The van der Waals surface area contributed by atoms with Gasteiger partial charge >= 0.3 is 0 Å². The van der Waals surface area contributed by atoms with Crippen molar-refractivity contribution in [3.8, 4) is 0 Å². The van der Waals surface area contributed by atoms with Crippen molar-refractivity contribution >= 4 is 21.5 Å². The van der Waals surface area contributed by atoms with Crippen LogP contribution in [0, 0.1) is 0 Å². The zero-order chi connectivity index (χ0) is 17.0. The Morgan fingerprint density at radius 3 is 2.09 bits per heavy atom. The summed E-state index contributed by atoms with van der Waals surface area (Å²) in [6.07, 6.45) is 1.01. The minimum Gasteiger partial charge on any atom is -0.295 e. The molecule has 0 saturated heterocycles. The molecule has 122 valence electrons. The Morgan fingerprint density at radius 2 is 1.61 bits per heavy atom. The lowest BCUT2D eigenvalue weighted by Gasteiger charge is -2.11. The fraction of sp³-hybridized carbons (Fsp3) is 0.278. The van der Waals surface area contributed by atoms with Crippen LogP contribution in [0.5, 0.6) is 0 Å². The third kappa shape index (κ3) is 4.20. The lowest BCUT2D eigenvalue weighted by Crippen LogP contribution is -2.13. The van der Waals surface area contributed by atoms with Crippen LogP contribution in [0.2, 0.25) is 0 Å². The van der Waals surface area contributed by atoms with Crippen molar-refractivity contribution in [3.05, 3.63) is 59.7 Å². The Kier molecular flexibility index (Phi) is 5.21. The van der Waals surface area contributed by atoms with Crippen molar-refractivity contribution in [2.24, 2.45) is 0 Å². The van der Waals surface area contributed by atoms with Crippen LogP contribution >= 0.6 is 0 Å². The smallest absolute Gasteiger partial charge is 0.261 e. The molecule has 1 atom stereocenters. The molecule has 0 aliphatic rings. The molecule has 0 aliphatic carbocycles.